The van der Waals surface area contributed by atoms with Gasteiger partial charge in [0.05, 0.1) is 11.4 Å². The Labute approximate surface area is 104 Å². The van der Waals surface area contributed by atoms with Crippen molar-refractivity contribution in [2.24, 2.45) is 11.5 Å². The summed E-state index contributed by atoms with van der Waals surface area (Å²) >= 11 is 1.29. The zero-order valence-electron chi connectivity index (χ0n) is 9.31. The minimum atomic E-state index is -0.391. The molecule has 17 heavy (non-hydrogen) atoms. The molecule has 0 bridgehead atoms. The van der Waals surface area contributed by atoms with Gasteiger partial charge in [0.1, 0.15) is 0 Å². The Bertz CT molecular complexity index is 409. The molecule has 0 spiro atoms. The molecule has 1 rings (SSSR count). The number of para-hydroxylation sites is 1. The minimum Gasteiger partial charge on any atom is -0.369 e. The van der Waals surface area contributed by atoms with Crippen LogP contribution in [0.1, 0.15) is 6.42 Å². The number of hydrogen-bond acceptors (Lipinski definition) is 4. The molecule has 6 heteroatoms. The fraction of sp³-hybridized carbons (Fsp3) is 0.273. The van der Waals surface area contributed by atoms with Crippen LogP contribution in [0.5, 0.6) is 0 Å². The number of benzene rings is 1. The maximum Gasteiger partial charge on any atom is 0.227 e. The molecular weight excluding hydrogens is 238 g/mol. The number of nitrogens with two attached hydrogens (primary N) is 2. The van der Waals surface area contributed by atoms with E-state index in [-0.39, 0.29) is 18.1 Å². The Balaban J connectivity index is 2.70. The summed E-state index contributed by atoms with van der Waals surface area (Å²) in [5, 5.41) is 2.74. The lowest BCUT2D eigenvalue weighted by molar-refractivity contribution is -0.116. The third-order valence-corrected chi connectivity index (χ3v) is 3.00. The first kappa shape index (κ1) is 13.5. The lowest BCUT2D eigenvalue weighted by Crippen LogP contribution is -2.17. The highest BCUT2D eigenvalue weighted by molar-refractivity contribution is 8.00. The van der Waals surface area contributed by atoms with E-state index >= 15 is 0 Å². The van der Waals surface area contributed by atoms with Crippen LogP contribution in [0.4, 0.5) is 5.69 Å². The highest BCUT2D eigenvalue weighted by atomic mass is 32.2. The minimum absolute atomic E-state index is 0.139. The second kappa shape index (κ2) is 6.93. The largest absolute Gasteiger partial charge is 0.369 e. The molecule has 0 aliphatic heterocycles. The van der Waals surface area contributed by atoms with Crippen LogP contribution in [-0.4, -0.2) is 24.1 Å². The molecule has 0 saturated carbocycles. The van der Waals surface area contributed by atoms with Crippen molar-refractivity contribution in [1.82, 2.24) is 0 Å². The van der Waals surface area contributed by atoms with Gasteiger partial charge >= 0.3 is 0 Å². The van der Waals surface area contributed by atoms with Crippen LogP contribution in [0.3, 0.4) is 0 Å². The van der Waals surface area contributed by atoms with Gasteiger partial charge in [-0.2, -0.15) is 0 Å². The van der Waals surface area contributed by atoms with E-state index in [2.05, 4.69) is 5.32 Å². The first-order chi connectivity index (χ1) is 8.13. The molecule has 0 radical (unpaired) electrons. The maximum absolute atomic E-state index is 11.4. The lowest BCUT2D eigenvalue weighted by atomic mass is 10.3. The van der Waals surface area contributed by atoms with E-state index in [9.17, 15) is 9.59 Å². The van der Waals surface area contributed by atoms with Gasteiger partial charge in [-0.15, -0.1) is 11.8 Å². The fourth-order valence-corrected chi connectivity index (χ4v) is 1.94. The number of amides is 2. The Morgan fingerprint density at radius 1 is 1.29 bits per heavy atom. The van der Waals surface area contributed by atoms with Gasteiger partial charge < -0.3 is 16.8 Å². The average molecular weight is 253 g/mol. The van der Waals surface area contributed by atoms with E-state index in [4.69, 9.17) is 11.5 Å². The van der Waals surface area contributed by atoms with E-state index in [1.807, 2.05) is 18.2 Å². The quantitative estimate of drug-likeness (QED) is 0.645. The molecule has 0 fully saturated rings. The third kappa shape index (κ3) is 4.88. The normalized spacial score (nSPS) is 9.94. The summed E-state index contributed by atoms with van der Waals surface area (Å²) in [6.45, 7) is 0.308. The molecular formula is C11H15N3O2S. The van der Waals surface area contributed by atoms with E-state index < -0.39 is 5.91 Å². The van der Waals surface area contributed by atoms with E-state index in [1.165, 1.54) is 11.8 Å². The van der Waals surface area contributed by atoms with Crippen molar-refractivity contribution in [2.75, 3.05) is 17.6 Å². The summed E-state index contributed by atoms with van der Waals surface area (Å²) in [6.07, 6.45) is 0.273. The van der Waals surface area contributed by atoms with Gasteiger partial charge in [-0.1, -0.05) is 12.1 Å². The third-order valence-electron chi connectivity index (χ3n) is 1.90. The molecule has 0 heterocycles. The summed E-state index contributed by atoms with van der Waals surface area (Å²) < 4.78 is 0. The first-order valence-electron chi connectivity index (χ1n) is 5.13. The second-order valence-corrected chi connectivity index (χ2v) is 4.36. The van der Waals surface area contributed by atoms with Crippen molar-refractivity contribution in [3.63, 3.8) is 0 Å². The highest BCUT2D eigenvalue weighted by Crippen LogP contribution is 2.26. The number of nitrogens with one attached hydrogen (secondary N) is 1. The van der Waals surface area contributed by atoms with Gasteiger partial charge in [0.2, 0.25) is 11.8 Å². The molecule has 0 unspecified atom stereocenters. The van der Waals surface area contributed by atoms with E-state index in [0.717, 1.165) is 4.90 Å². The van der Waals surface area contributed by atoms with Gasteiger partial charge in [0.15, 0.2) is 0 Å². The molecule has 92 valence electrons. The zero-order valence-corrected chi connectivity index (χ0v) is 10.1. The summed E-state index contributed by atoms with van der Waals surface area (Å²) in [6, 6.07) is 7.25. The Kier molecular flexibility index (Phi) is 5.51. The number of hydrogen-bond donors (Lipinski definition) is 3. The molecule has 0 aliphatic rings. The zero-order chi connectivity index (χ0) is 12.7. The molecule has 2 amide bonds. The lowest BCUT2D eigenvalue weighted by Gasteiger charge is -2.09. The summed E-state index contributed by atoms with van der Waals surface area (Å²) in [7, 11) is 0. The molecule has 1 aromatic rings. The number of carbonyl (C=O) groups is 2. The SMILES string of the molecule is NCCC(=O)Nc1ccccc1SCC(N)=O. The Hall–Kier alpha value is -1.53. The van der Waals surface area contributed by atoms with Gasteiger partial charge in [-0.3, -0.25) is 9.59 Å². The van der Waals surface area contributed by atoms with Crippen LogP contribution in [0, 0.1) is 0 Å². The van der Waals surface area contributed by atoms with Gasteiger partial charge in [-0.25, -0.2) is 0 Å². The smallest absolute Gasteiger partial charge is 0.227 e. The van der Waals surface area contributed by atoms with Crippen molar-refractivity contribution in [3.05, 3.63) is 24.3 Å². The van der Waals surface area contributed by atoms with Crippen LogP contribution in [0.2, 0.25) is 0 Å². The van der Waals surface area contributed by atoms with E-state index in [1.54, 1.807) is 6.07 Å². The van der Waals surface area contributed by atoms with Crippen molar-refractivity contribution < 1.29 is 9.59 Å². The Morgan fingerprint density at radius 2 is 2.00 bits per heavy atom. The predicted molar refractivity (Wildman–Crippen MR) is 68.7 cm³/mol. The number of rotatable bonds is 6. The number of carbonyl (C=O) groups excluding carboxylic acids is 2. The molecule has 0 saturated heterocycles. The summed E-state index contributed by atoms with van der Waals surface area (Å²) in [5.41, 5.74) is 11.0. The molecule has 0 atom stereocenters. The van der Waals surface area contributed by atoms with E-state index in [0.29, 0.717) is 12.2 Å². The second-order valence-electron chi connectivity index (χ2n) is 3.34. The average Bonchev–Trinajstić information content (AvgIpc) is 2.28. The fourth-order valence-electron chi connectivity index (χ4n) is 1.19. The van der Waals surface area contributed by atoms with Crippen molar-refractivity contribution in [1.29, 1.82) is 0 Å². The van der Waals surface area contributed by atoms with Crippen LogP contribution >= 0.6 is 11.8 Å². The molecule has 1 aromatic carbocycles. The van der Waals surface area contributed by atoms with Crippen molar-refractivity contribution >= 4 is 29.3 Å². The standard InChI is InChI=1S/C11H15N3O2S/c12-6-5-11(16)14-8-3-1-2-4-9(8)17-7-10(13)15/h1-4H,5-7,12H2,(H2,13,15)(H,14,16). The summed E-state index contributed by atoms with van der Waals surface area (Å²) in [4.78, 5) is 22.9. The highest BCUT2D eigenvalue weighted by Gasteiger charge is 2.07. The van der Waals surface area contributed by atoms with Crippen LogP contribution in [-0.2, 0) is 9.59 Å². The molecule has 5 nitrogen and oxygen atoms in total. The van der Waals surface area contributed by atoms with Crippen LogP contribution in [0.25, 0.3) is 0 Å². The Morgan fingerprint density at radius 3 is 2.65 bits per heavy atom. The van der Waals surface area contributed by atoms with Crippen LogP contribution < -0.4 is 16.8 Å². The molecule has 0 aromatic heterocycles. The van der Waals surface area contributed by atoms with Gasteiger partial charge in [0.25, 0.3) is 0 Å². The number of anilines is 1. The molecule has 5 N–H and O–H groups in total. The predicted octanol–water partition coefficient (Wildman–Crippen LogP) is 0.551. The van der Waals surface area contributed by atoms with Gasteiger partial charge in [-0.05, 0) is 12.1 Å². The van der Waals surface area contributed by atoms with Crippen molar-refractivity contribution in [3.8, 4) is 0 Å². The summed E-state index contributed by atoms with van der Waals surface area (Å²) in [5.74, 6) is -0.346. The first-order valence-corrected chi connectivity index (χ1v) is 6.12. The molecule has 0 aliphatic carbocycles. The monoisotopic (exact) mass is 253 g/mol. The maximum atomic E-state index is 11.4. The van der Waals surface area contributed by atoms with Crippen LogP contribution in [0.15, 0.2) is 29.2 Å². The van der Waals surface area contributed by atoms with Gasteiger partial charge in [0, 0.05) is 17.9 Å². The van der Waals surface area contributed by atoms with Crippen molar-refractivity contribution in [2.45, 2.75) is 11.3 Å². The number of thioether (sulfide) groups is 1. The number of primary amides is 1. The topological polar surface area (TPSA) is 98.2 Å².